The lowest BCUT2D eigenvalue weighted by Gasteiger charge is -2.36. The van der Waals surface area contributed by atoms with Crippen LogP contribution in [0, 0.1) is 0 Å². The van der Waals surface area contributed by atoms with Gasteiger partial charge in [0, 0.05) is 19.2 Å². The molecule has 2 rings (SSSR count). The Morgan fingerprint density at radius 1 is 1.28 bits per heavy atom. The Balaban J connectivity index is 1.91. The van der Waals surface area contributed by atoms with Crippen LogP contribution in [0.25, 0.3) is 0 Å². The second kappa shape index (κ2) is 5.85. The van der Waals surface area contributed by atoms with Gasteiger partial charge >= 0.3 is 0 Å². The largest absolute Gasteiger partial charge is 0.375 e. The lowest BCUT2D eigenvalue weighted by atomic mass is 9.93. The van der Waals surface area contributed by atoms with Crippen molar-refractivity contribution in [2.45, 2.75) is 58.2 Å². The van der Waals surface area contributed by atoms with Crippen molar-refractivity contribution in [1.82, 2.24) is 5.32 Å². The summed E-state index contributed by atoms with van der Waals surface area (Å²) in [5.41, 5.74) is 2.92. The average molecular weight is 247 g/mol. The Kier molecular flexibility index (Phi) is 4.41. The molecular formula is C16H25NO. The standard InChI is InChI=1S/C16H25NO/c1-4-13-7-5-6-8-14(13)12-17-15-9-10-18-16(2,3)11-15/h5-8,15,17H,4,9-12H2,1-3H3. The van der Waals surface area contributed by atoms with E-state index < -0.39 is 0 Å². The van der Waals surface area contributed by atoms with Gasteiger partial charge < -0.3 is 10.1 Å². The quantitative estimate of drug-likeness (QED) is 0.881. The molecule has 0 amide bonds. The zero-order chi connectivity index (χ0) is 13.0. The summed E-state index contributed by atoms with van der Waals surface area (Å²) in [6, 6.07) is 9.30. The molecule has 1 aromatic rings. The first-order valence-corrected chi connectivity index (χ1v) is 7.05. The van der Waals surface area contributed by atoms with Crippen molar-refractivity contribution in [3.05, 3.63) is 35.4 Å². The second-order valence-corrected chi connectivity index (χ2v) is 5.80. The zero-order valence-corrected chi connectivity index (χ0v) is 11.8. The summed E-state index contributed by atoms with van der Waals surface area (Å²) in [7, 11) is 0. The minimum absolute atomic E-state index is 0.0280. The Labute approximate surface area is 111 Å². The van der Waals surface area contributed by atoms with E-state index in [1.807, 2.05) is 0 Å². The van der Waals surface area contributed by atoms with Gasteiger partial charge in [-0.2, -0.15) is 0 Å². The molecule has 1 N–H and O–H groups in total. The van der Waals surface area contributed by atoms with Gasteiger partial charge in [-0.15, -0.1) is 0 Å². The highest BCUT2D eigenvalue weighted by atomic mass is 16.5. The van der Waals surface area contributed by atoms with E-state index in [1.54, 1.807) is 0 Å². The molecule has 0 saturated carbocycles. The molecule has 1 aliphatic heterocycles. The van der Waals surface area contributed by atoms with Crippen LogP contribution in [0.15, 0.2) is 24.3 Å². The number of hydrogen-bond acceptors (Lipinski definition) is 2. The van der Waals surface area contributed by atoms with Crippen molar-refractivity contribution in [2.24, 2.45) is 0 Å². The fourth-order valence-corrected chi connectivity index (χ4v) is 2.74. The van der Waals surface area contributed by atoms with Crippen molar-refractivity contribution < 1.29 is 4.74 Å². The predicted octanol–water partition coefficient (Wildman–Crippen LogP) is 3.30. The van der Waals surface area contributed by atoms with E-state index in [1.165, 1.54) is 11.1 Å². The van der Waals surface area contributed by atoms with Gasteiger partial charge in [-0.05, 0) is 44.2 Å². The zero-order valence-electron chi connectivity index (χ0n) is 11.8. The summed E-state index contributed by atoms with van der Waals surface area (Å²) in [6.45, 7) is 8.43. The third-order valence-electron chi connectivity index (χ3n) is 3.78. The van der Waals surface area contributed by atoms with Crippen molar-refractivity contribution >= 4 is 0 Å². The molecule has 2 nitrogen and oxygen atoms in total. The van der Waals surface area contributed by atoms with Gasteiger partial charge in [0.15, 0.2) is 0 Å². The Morgan fingerprint density at radius 2 is 2.00 bits per heavy atom. The van der Waals surface area contributed by atoms with Gasteiger partial charge in [0.1, 0.15) is 0 Å². The van der Waals surface area contributed by atoms with Gasteiger partial charge in [0.05, 0.1) is 5.60 Å². The van der Waals surface area contributed by atoms with Crippen LogP contribution in [0.1, 0.15) is 44.7 Å². The molecule has 1 saturated heterocycles. The minimum Gasteiger partial charge on any atom is -0.375 e. The number of hydrogen-bond donors (Lipinski definition) is 1. The Hall–Kier alpha value is -0.860. The maximum absolute atomic E-state index is 5.75. The van der Waals surface area contributed by atoms with Gasteiger partial charge in [-0.3, -0.25) is 0 Å². The van der Waals surface area contributed by atoms with E-state index in [9.17, 15) is 0 Å². The third kappa shape index (κ3) is 3.56. The first-order valence-electron chi connectivity index (χ1n) is 7.05. The van der Waals surface area contributed by atoms with Gasteiger partial charge in [0.2, 0.25) is 0 Å². The number of ether oxygens (including phenoxy) is 1. The van der Waals surface area contributed by atoms with Crippen LogP contribution in [0.4, 0.5) is 0 Å². The van der Waals surface area contributed by atoms with E-state index in [0.29, 0.717) is 6.04 Å². The molecule has 0 aromatic heterocycles. The van der Waals surface area contributed by atoms with E-state index in [-0.39, 0.29) is 5.60 Å². The molecule has 0 bridgehead atoms. The number of aryl methyl sites for hydroxylation is 1. The molecule has 100 valence electrons. The van der Waals surface area contributed by atoms with E-state index in [0.717, 1.165) is 32.4 Å². The molecule has 1 heterocycles. The van der Waals surface area contributed by atoms with E-state index >= 15 is 0 Å². The summed E-state index contributed by atoms with van der Waals surface area (Å²) < 4.78 is 5.75. The molecule has 0 radical (unpaired) electrons. The van der Waals surface area contributed by atoms with Crippen LogP contribution in [0.3, 0.4) is 0 Å². The van der Waals surface area contributed by atoms with Gasteiger partial charge in [0.25, 0.3) is 0 Å². The number of rotatable bonds is 4. The number of benzene rings is 1. The fraction of sp³-hybridized carbons (Fsp3) is 0.625. The smallest absolute Gasteiger partial charge is 0.0641 e. The first-order chi connectivity index (χ1) is 8.61. The topological polar surface area (TPSA) is 21.3 Å². The van der Waals surface area contributed by atoms with Crippen LogP contribution in [0.5, 0.6) is 0 Å². The molecule has 1 atom stereocenters. The van der Waals surface area contributed by atoms with Crippen LogP contribution in [-0.4, -0.2) is 18.2 Å². The SMILES string of the molecule is CCc1ccccc1CNC1CCOC(C)(C)C1. The molecule has 1 aromatic carbocycles. The third-order valence-corrected chi connectivity index (χ3v) is 3.78. The normalized spacial score (nSPS) is 22.9. The number of nitrogens with one attached hydrogen (secondary N) is 1. The average Bonchev–Trinajstić information content (AvgIpc) is 2.35. The van der Waals surface area contributed by atoms with Crippen molar-refractivity contribution in [1.29, 1.82) is 0 Å². The molecular weight excluding hydrogens is 222 g/mol. The highest BCUT2D eigenvalue weighted by Crippen LogP contribution is 2.24. The molecule has 0 spiro atoms. The Morgan fingerprint density at radius 3 is 2.67 bits per heavy atom. The maximum atomic E-state index is 5.75. The monoisotopic (exact) mass is 247 g/mol. The fourth-order valence-electron chi connectivity index (χ4n) is 2.74. The second-order valence-electron chi connectivity index (χ2n) is 5.80. The van der Waals surface area contributed by atoms with Crippen LogP contribution in [-0.2, 0) is 17.7 Å². The molecule has 18 heavy (non-hydrogen) atoms. The Bertz CT molecular complexity index is 386. The first kappa shape index (κ1) is 13.6. The maximum Gasteiger partial charge on any atom is 0.0641 e. The van der Waals surface area contributed by atoms with Gasteiger partial charge in [-0.25, -0.2) is 0 Å². The lowest BCUT2D eigenvalue weighted by molar-refractivity contribution is -0.0630. The van der Waals surface area contributed by atoms with Crippen LogP contribution < -0.4 is 5.32 Å². The summed E-state index contributed by atoms with van der Waals surface area (Å²) >= 11 is 0. The predicted molar refractivity (Wildman–Crippen MR) is 75.7 cm³/mol. The summed E-state index contributed by atoms with van der Waals surface area (Å²) in [6.07, 6.45) is 3.33. The summed E-state index contributed by atoms with van der Waals surface area (Å²) in [5, 5.41) is 3.69. The minimum atomic E-state index is 0.0280. The van der Waals surface area contributed by atoms with Crippen LogP contribution in [0.2, 0.25) is 0 Å². The van der Waals surface area contributed by atoms with E-state index in [2.05, 4.69) is 50.4 Å². The van der Waals surface area contributed by atoms with Gasteiger partial charge in [-0.1, -0.05) is 31.2 Å². The molecule has 0 aliphatic carbocycles. The van der Waals surface area contributed by atoms with E-state index in [4.69, 9.17) is 4.74 Å². The summed E-state index contributed by atoms with van der Waals surface area (Å²) in [5.74, 6) is 0. The van der Waals surface area contributed by atoms with Crippen LogP contribution >= 0.6 is 0 Å². The molecule has 1 aliphatic rings. The molecule has 1 fully saturated rings. The highest BCUT2D eigenvalue weighted by molar-refractivity contribution is 5.26. The molecule has 1 unspecified atom stereocenters. The van der Waals surface area contributed by atoms with Crippen molar-refractivity contribution in [3.63, 3.8) is 0 Å². The lowest BCUT2D eigenvalue weighted by Crippen LogP contribution is -2.43. The molecule has 2 heteroatoms. The van der Waals surface area contributed by atoms with Crippen molar-refractivity contribution in [3.8, 4) is 0 Å². The highest BCUT2D eigenvalue weighted by Gasteiger charge is 2.28. The summed E-state index contributed by atoms with van der Waals surface area (Å²) in [4.78, 5) is 0. The van der Waals surface area contributed by atoms with Crippen molar-refractivity contribution in [2.75, 3.05) is 6.61 Å².